The van der Waals surface area contributed by atoms with Crippen molar-refractivity contribution in [3.63, 3.8) is 0 Å². The van der Waals surface area contributed by atoms with Crippen LogP contribution in [0.5, 0.6) is 5.75 Å². The monoisotopic (exact) mass is 320 g/mol. The number of anilines is 1. The summed E-state index contributed by atoms with van der Waals surface area (Å²) >= 11 is 5.17. The lowest BCUT2D eigenvalue weighted by molar-refractivity contribution is -0.120. The number of methoxy groups -OCH3 is 1. The zero-order valence-corrected chi connectivity index (χ0v) is 13.9. The molecular weight excluding hydrogens is 296 g/mol. The third-order valence-electron chi connectivity index (χ3n) is 4.11. The molecule has 0 unspecified atom stereocenters. The summed E-state index contributed by atoms with van der Waals surface area (Å²) in [6.07, 6.45) is 8.02. The van der Waals surface area contributed by atoms with E-state index >= 15 is 0 Å². The largest absolute Gasteiger partial charge is 0.497 e. The first-order chi connectivity index (χ1) is 10.7. The lowest BCUT2D eigenvalue weighted by Crippen LogP contribution is -2.34. The molecule has 0 bridgehead atoms. The molecule has 1 amide bonds. The maximum atomic E-state index is 11.9. The van der Waals surface area contributed by atoms with Crippen LogP contribution in [-0.2, 0) is 4.79 Å². The Labute approximate surface area is 137 Å². The summed E-state index contributed by atoms with van der Waals surface area (Å²) in [6.45, 7) is 0. The Kier molecular flexibility index (Phi) is 6.65. The summed E-state index contributed by atoms with van der Waals surface area (Å²) in [4.78, 5) is 11.9. The van der Waals surface area contributed by atoms with Gasteiger partial charge in [-0.15, -0.1) is 0 Å². The second-order valence-corrected chi connectivity index (χ2v) is 6.18. The summed E-state index contributed by atoms with van der Waals surface area (Å²) < 4.78 is 5.10. The highest BCUT2D eigenvalue weighted by Crippen LogP contribution is 2.27. The van der Waals surface area contributed by atoms with Crippen molar-refractivity contribution in [3.8, 4) is 5.75 Å². The van der Waals surface area contributed by atoms with Crippen molar-refractivity contribution in [2.24, 2.45) is 5.92 Å². The van der Waals surface area contributed by atoms with Crippen molar-refractivity contribution in [3.05, 3.63) is 24.3 Å². The van der Waals surface area contributed by atoms with Gasteiger partial charge in [-0.1, -0.05) is 32.1 Å². The summed E-state index contributed by atoms with van der Waals surface area (Å²) in [6, 6.07) is 7.41. The van der Waals surface area contributed by atoms with Crippen LogP contribution in [0.3, 0.4) is 0 Å². The van der Waals surface area contributed by atoms with Crippen LogP contribution in [-0.4, -0.2) is 18.1 Å². The standard InChI is InChI=1S/C17H24N2O2S/c1-21-15-10-8-14(9-11-15)18-17(22)19-16(20)12-7-13-5-3-2-4-6-13/h8-11,13H,2-7,12H2,1H3,(H2,18,19,20,22). The van der Waals surface area contributed by atoms with E-state index in [9.17, 15) is 4.79 Å². The molecule has 1 aromatic carbocycles. The molecule has 1 aliphatic carbocycles. The maximum absolute atomic E-state index is 11.9. The van der Waals surface area contributed by atoms with E-state index in [1.165, 1.54) is 32.1 Å². The molecule has 2 N–H and O–H groups in total. The molecule has 120 valence electrons. The van der Waals surface area contributed by atoms with Crippen molar-refractivity contribution in [2.45, 2.75) is 44.9 Å². The first kappa shape index (κ1) is 16.7. The molecule has 0 aromatic heterocycles. The smallest absolute Gasteiger partial charge is 0.226 e. The first-order valence-electron chi connectivity index (χ1n) is 7.92. The van der Waals surface area contributed by atoms with Crippen LogP contribution >= 0.6 is 12.2 Å². The predicted octanol–water partition coefficient (Wildman–Crippen LogP) is 3.87. The van der Waals surface area contributed by atoms with Crippen LogP contribution in [0.15, 0.2) is 24.3 Å². The minimum Gasteiger partial charge on any atom is -0.497 e. The van der Waals surface area contributed by atoms with Crippen molar-refractivity contribution in [1.29, 1.82) is 0 Å². The van der Waals surface area contributed by atoms with E-state index in [1.54, 1.807) is 7.11 Å². The average molecular weight is 320 g/mol. The number of nitrogens with one attached hydrogen (secondary N) is 2. The van der Waals surface area contributed by atoms with Crippen molar-refractivity contribution in [1.82, 2.24) is 5.32 Å². The minimum absolute atomic E-state index is 0.00316. The molecular formula is C17H24N2O2S. The van der Waals surface area contributed by atoms with E-state index in [0.29, 0.717) is 17.5 Å². The number of ether oxygens (including phenoxy) is 1. The molecule has 0 spiro atoms. The summed E-state index contributed by atoms with van der Waals surface area (Å²) in [5, 5.41) is 6.10. The molecule has 1 aromatic rings. The second-order valence-electron chi connectivity index (χ2n) is 5.77. The van der Waals surface area contributed by atoms with Gasteiger partial charge < -0.3 is 15.4 Å². The fourth-order valence-electron chi connectivity index (χ4n) is 2.84. The molecule has 0 aliphatic heterocycles. The predicted molar refractivity (Wildman–Crippen MR) is 93.2 cm³/mol. The number of rotatable bonds is 5. The summed E-state index contributed by atoms with van der Waals surface area (Å²) in [5.41, 5.74) is 0.832. The third-order valence-corrected chi connectivity index (χ3v) is 4.31. The second kappa shape index (κ2) is 8.73. The zero-order valence-electron chi connectivity index (χ0n) is 13.1. The van der Waals surface area contributed by atoms with E-state index in [2.05, 4.69) is 10.6 Å². The Morgan fingerprint density at radius 3 is 2.55 bits per heavy atom. The third kappa shape index (κ3) is 5.64. The van der Waals surface area contributed by atoms with Gasteiger partial charge in [0.1, 0.15) is 5.75 Å². The topological polar surface area (TPSA) is 50.4 Å². The fourth-order valence-corrected chi connectivity index (χ4v) is 3.07. The Morgan fingerprint density at radius 2 is 1.91 bits per heavy atom. The van der Waals surface area contributed by atoms with E-state index < -0.39 is 0 Å². The Bertz CT molecular complexity index is 496. The van der Waals surface area contributed by atoms with Crippen LogP contribution in [0.4, 0.5) is 5.69 Å². The van der Waals surface area contributed by atoms with Gasteiger partial charge in [0, 0.05) is 12.1 Å². The molecule has 4 nitrogen and oxygen atoms in total. The van der Waals surface area contributed by atoms with E-state index in [1.807, 2.05) is 24.3 Å². The number of carbonyl (C=O) groups is 1. The van der Waals surface area contributed by atoms with Gasteiger partial charge in [-0.3, -0.25) is 4.79 Å². The average Bonchev–Trinajstić information content (AvgIpc) is 2.54. The molecule has 1 saturated carbocycles. The lowest BCUT2D eigenvalue weighted by Gasteiger charge is -2.21. The van der Waals surface area contributed by atoms with Crippen LogP contribution in [0.2, 0.25) is 0 Å². The van der Waals surface area contributed by atoms with Crippen LogP contribution in [0, 0.1) is 5.92 Å². The van der Waals surface area contributed by atoms with E-state index in [4.69, 9.17) is 17.0 Å². The molecule has 1 fully saturated rings. The highest BCUT2D eigenvalue weighted by molar-refractivity contribution is 7.80. The van der Waals surface area contributed by atoms with Gasteiger partial charge in [0.05, 0.1) is 7.11 Å². The number of hydrogen-bond acceptors (Lipinski definition) is 3. The number of hydrogen-bond donors (Lipinski definition) is 2. The Hall–Kier alpha value is -1.62. The minimum atomic E-state index is -0.00316. The van der Waals surface area contributed by atoms with Gasteiger partial charge >= 0.3 is 0 Å². The number of benzene rings is 1. The normalized spacial score (nSPS) is 15.1. The SMILES string of the molecule is COc1ccc(NC(=S)NC(=O)CCC2CCCCC2)cc1. The maximum Gasteiger partial charge on any atom is 0.226 e. The van der Waals surface area contributed by atoms with Crippen molar-refractivity contribution < 1.29 is 9.53 Å². The van der Waals surface area contributed by atoms with Crippen LogP contribution in [0.1, 0.15) is 44.9 Å². The summed E-state index contributed by atoms with van der Waals surface area (Å²) in [7, 11) is 1.62. The van der Waals surface area contributed by atoms with Crippen molar-refractivity contribution >= 4 is 28.9 Å². The quantitative estimate of drug-likeness (QED) is 0.809. The van der Waals surface area contributed by atoms with Gasteiger partial charge in [0.15, 0.2) is 5.11 Å². The van der Waals surface area contributed by atoms with Crippen LogP contribution in [0.25, 0.3) is 0 Å². The summed E-state index contributed by atoms with van der Waals surface area (Å²) in [5.74, 6) is 1.49. The van der Waals surface area contributed by atoms with Gasteiger partial charge in [-0.05, 0) is 48.8 Å². The first-order valence-corrected chi connectivity index (χ1v) is 8.33. The lowest BCUT2D eigenvalue weighted by atomic mass is 9.86. The molecule has 0 heterocycles. The van der Waals surface area contributed by atoms with Gasteiger partial charge in [-0.2, -0.15) is 0 Å². The molecule has 0 atom stereocenters. The zero-order chi connectivity index (χ0) is 15.8. The van der Waals surface area contributed by atoms with Gasteiger partial charge in [0.2, 0.25) is 5.91 Å². The molecule has 5 heteroatoms. The molecule has 1 aliphatic rings. The Morgan fingerprint density at radius 1 is 1.23 bits per heavy atom. The fraction of sp³-hybridized carbons (Fsp3) is 0.529. The van der Waals surface area contributed by atoms with Gasteiger partial charge in [-0.25, -0.2) is 0 Å². The number of thiocarbonyl (C=S) groups is 1. The van der Waals surface area contributed by atoms with Gasteiger partial charge in [0.25, 0.3) is 0 Å². The van der Waals surface area contributed by atoms with Crippen LogP contribution < -0.4 is 15.4 Å². The highest BCUT2D eigenvalue weighted by Gasteiger charge is 2.15. The molecule has 0 radical (unpaired) electrons. The molecule has 22 heavy (non-hydrogen) atoms. The van der Waals surface area contributed by atoms with E-state index in [-0.39, 0.29) is 5.91 Å². The number of amides is 1. The highest BCUT2D eigenvalue weighted by atomic mass is 32.1. The number of carbonyl (C=O) groups excluding carboxylic acids is 1. The molecule has 0 saturated heterocycles. The van der Waals surface area contributed by atoms with Crippen molar-refractivity contribution in [2.75, 3.05) is 12.4 Å². The Balaban J connectivity index is 1.69. The molecule has 2 rings (SSSR count). The van der Waals surface area contributed by atoms with E-state index in [0.717, 1.165) is 17.9 Å².